The van der Waals surface area contributed by atoms with Gasteiger partial charge in [0.25, 0.3) is 5.91 Å². The Kier molecular flexibility index (Phi) is 4.24. The molecule has 0 aliphatic heterocycles. The van der Waals surface area contributed by atoms with Crippen molar-refractivity contribution in [2.75, 3.05) is 0 Å². The van der Waals surface area contributed by atoms with Crippen molar-refractivity contribution in [1.29, 1.82) is 0 Å². The van der Waals surface area contributed by atoms with Crippen molar-refractivity contribution in [3.8, 4) is 0 Å². The molecule has 1 aromatic heterocycles. The Morgan fingerprint density at radius 2 is 1.86 bits per heavy atom. The van der Waals surface area contributed by atoms with Gasteiger partial charge < -0.3 is 10.4 Å². The van der Waals surface area contributed by atoms with Crippen molar-refractivity contribution >= 4 is 23.2 Å². The van der Waals surface area contributed by atoms with E-state index in [1.54, 1.807) is 0 Å². The maximum absolute atomic E-state index is 12.3. The minimum atomic E-state index is -0.715. The highest BCUT2D eigenvalue weighted by molar-refractivity contribution is 7.13. The van der Waals surface area contributed by atoms with Gasteiger partial charge in [0.05, 0.1) is 11.6 Å². The lowest BCUT2D eigenvalue weighted by Crippen LogP contribution is -2.38. The standard InChI is InChI=1S/C15H20N2O3S/c18-13(14-17-11-3-1-2-4-12(11)21-14)16-10-7-5-9(6-8-10)15(19)20/h9-10H,1-8H2,(H,16,18)(H,19,20). The lowest BCUT2D eigenvalue weighted by Gasteiger charge is -2.26. The molecule has 0 spiro atoms. The number of hydrogen-bond donors (Lipinski definition) is 2. The molecule has 1 aromatic rings. The third-order valence-corrected chi connectivity index (χ3v) is 5.61. The highest BCUT2D eigenvalue weighted by atomic mass is 32.1. The number of aliphatic carboxylic acids is 1. The molecule has 21 heavy (non-hydrogen) atoms. The van der Waals surface area contributed by atoms with Gasteiger partial charge in [-0.2, -0.15) is 0 Å². The van der Waals surface area contributed by atoms with E-state index in [1.807, 2.05) is 0 Å². The first-order chi connectivity index (χ1) is 10.1. The van der Waals surface area contributed by atoms with Gasteiger partial charge >= 0.3 is 5.97 Å². The molecule has 0 aromatic carbocycles. The largest absolute Gasteiger partial charge is 0.481 e. The van der Waals surface area contributed by atoms with Gasteiger partial charge in [0.15, 0.2) is 5.01 Å². The van der Waals surface area contributed by atoms with Crippen LogP contribution in [0.25, 0.3) is 0 Å². The molecule has 0 unspecified atom stereocenters. The van der Waals surface area contributed by atoms with E-state index in [0.29, 0.717) is 17.8 Å². The van der Waals surface area contributed by atoms with Crippen LogP contribution in [0.5, 0.6) is 0 Å². The highest BCUT2D eigenvalue weighted by Crippen LogP contribution is 2.28. The lowest BCUT2D eigenvalue weighted by atomic mass is 9.86. The first kappa shape index (κ1) is 14.5. The van der Waals surface area contributed by atoms with Gasteiger partial charge in [0.1, 0.15) is 0 Å². The number of carbonyl (C=O) groups is 2. The number of fused-ring (bicyclic) bond motifs is 1. The van der Waals surface area contributed by atoms with Crippen molar-refractivity contribution in [3.63, 3.8) is 0 Å². The minimum Gasteiger partial charge on any atom is -0.481 e. The predicted molar refractivity (Wildman–Crippen MR) is 79.6 cm³/mol. The van der Waals surface area contributed by atoms with Gasteiger partial charge in [-0.3, -0.25) is 9.59 Å². The number of amides is 1. The molecule has 114 valence electrons. The normalized spacial score (nSPS) is 25.1. The van der Waals surface area contributed by atoms with E-state index in [4.69, 9.17) is 5.11 Å². The molecule has 2 N–H and O–H groups in total. The molecule has 1 amide bonds. The third kappa shape index (κ3) is 3.26. The molecule has 6 heteroatoms. The number of carboxylic acid groups (broad SMARTS) is 1. The Balaban J connectivity index is 1.57. The SMILES string of the molecule is O=C(NC1CCC(C(=O)O)CC1)c1nc2c(s1)CCCC2. The summed E-state index contributed by atoms with van der Waals surface area (Å²) < 4.78 is 0. The summed E-state index contributed by atoms with van der Waals surface area (Å²) >= 11 is 1.52. The van der Waals surface area contributed by atoms with Gasteiger partial charge in [0.2, 0.25) is 0 Å². The van der Waals surface area contributed by atoms with Crippen molar-refractivity contribution in [2.45, 2.75) is 57.4 Å². The lowest BCUT2D eigenvalue weighted by molar-refractivity contribution is -0.142. The van der Waals surface area contributed by atoms with Crippen LogP contribution in [0.2, 0.25) is 0 Å². The topological polar surface area (TPSA) is 79.3 Å². The molecule has 0 bridgehead atoms. The van der Waals surface area contributed by atoms with Gasteiger partial charge in [0, 0.05) is 10.9 Å². The fraction of sp³-hybridized carbons (Fsp3) is 0.667. The Labute approximate surface area is 127 Å². The molecular weight excluding hydrogens is 288 g/mol. The second-order valence-corrected chi connectivity index (χ2v) is 7.04. The van der Waals surface area contributed by atoms with E-state index in [9.17, 15) is 9.59 Å². The fourth-order valence-corrected chi connectivity index (χ4v) is 4.23. The maximum atomic E-state index is 12.3. The van der Waals surface area contributed by atoms with Crippen LogP contribution >= 0.6 is 11.3 Å². The molecule has 1 fully saturated rings. The summed E-state index contributed by atoms with van der Waals surface area (Å²) in [5, 5.41) is 12.6. The number of hydrogen-bond acceptors (Lipinski definition) is 4. The molecule has 2 aliphatic rings. The van der Waals surface area contributed by atoms with E-state index in [-0.39, 0.29) is 17.9 Å². The summed E-state index contributed by atoms with van der Waals surface area (Å²) in [4.78, 5) is 28.9. The van der Waals surface area contributed by atoms with Crippen LogP contribution in [0.4, 0.5) is 0 Å². The van der Waals surface area contributed by atoms with Crippen molar-refractivity contribution in [3.05, 3.63) is 15.6 Å². The van der Waals surface area contributed by atoms with Gasteiger partial charge in [-0.05, 0) is 51.4 Å². The second kappa shape index (κ2) is 6.13. The highest BCUT2D eigenvalue weighted by Gasteiger charge is 2.28. The summed E-state index contributed by atoms with van der Waals surface area (Å²) in [5.74, 6) is -1.05. The van der Waals surface area contributed by atoms with E-state index in [0.717, 1.165) is 37.8 Å². The molecule has 5 nitrogen and oxygen atoms in total. The first-order valence-corrected chi connectivity index (χ1v) is 8.47. The molecule has 1 heterocycles. The average molecular weight is 308 g/mol. The summed E-state index contributed by atoms with van der Waals surface area (Å²) in [6.45, 7) is 0. The van der Waals surface area contributed by atoms with Gasteiger partial charge in [-0.1, -0.05) is 0 Å². The molecule has 0 atom stereocenters. The number of aromatic nitrogens is 1. The number of carboxylic acids is 1. The zero-order valence-corrected chi connectivity index (χ0v) is 12.7. The number of nitrogens with one attached hydrogen (secondary N) is 1. The van der Waals surface area contributed by atoms with Crippen LogP contribution in [0.3, 0.4) is 0 Å². The molecular formula is C15H20N2O3S. The van der Waals surface area contributed by atoms with E-state index < -0.39 is 5.97 Å². The van der Waals surface area contributed by atoms with Crippen molar-refractivity contribution in [2.24, 2.45) is 5.92 Å². The van der Waals surface area contributed by atoms with Crippen LogP contribution < -0.4 is 5.32 Å². The fourth-order valence-electron chi connectivity index (χ4n) is 3.18. The Morgan fingerprint density at radius 3 is 2.52 bits per heavy atom. The smallest absolute Gasteiger partial charge is 0.306 e. The number of carbonyl (C=O) groups excluding carboxylic acids is 1. The summed E-state index contributed by atoms with van der Waals surface area (Å²) in [5.41, 5.74) is 1.10. The number of nitrogens with zero attached hydrogens (tertiary/aromatic N) is 1. The third-order valence-electron chi connectivity index (χ3n) is 4.45. The van der Waals surface area contributed by atoms with Crippen LogP contribution in [0.15, 0.2) is 0 Å². The number of rotatable bonds is 3. The van der Waals surface area contributed by atoms with Crippen LogP contribution in [0.1, 0.15) is 58.9 Å². The quantitative estimate of drug-likeness (QED) is 0.898. The summed E-state index contributed by atoms with van der Waals surface area (Å²) in [7, 11) is 0. The van der Waals surface area contributed by atoms with Crippen LogP contribution in [-0.2, 0) is 17.6 Å². The van der Waals surface area contributed by atoms with Crippen molar-refractivity contribution in [1.82, 2.24) is 10.3 Å². The van der Waals surface area contributed by atoms with Gasteiger partial charge in [-0.15, -0.1) is 11.3 Å². The second-order valence-electron chi connectivity index (χ2n) is 5.96. The summed E-state index contributed by atoms with van der Waals surface area (Å²) in [6.07, 6.45) is 7.17. The maximum Gasteiger partial charge on any atom is 0.306 e. The summed E-state index contributed by atoms with van der Waals surface area (Å²) in [6, 6.07) is 0.0917. The number of aryl methyl sites for hydroxylation is 2. The number of thiazole rings is 1. The van der Waals surface area contributed by atoms with Crippen LogP contribution in [-0.4, -0.2) is 28.0 Å². The van der Waals surface area contributed by atoms with E-state index in [1.165, 1.54) is 22.6 Å². The first-order valence-electron chi connectivity index (χ1n) is 7.65. The Bertz CT molecular complexity index is 524. The molecule has 2 aliphatic carbocycles. The van der Waals surface area contributed by atoms with Crippen molar-refractivity contribution < 1.29 is 14.7 Å². The van der Waals surface area contributed by atoms with E-state index >= 15 is 0 Å². The monoisotopic (exact) mass is 308 g/mol. The Morgan fingerprint density at radius 1 is 1.14 bits per heavy atom. The zero-order chi connectivity index (χ0) is 14.8. The zero-order valence-electron chi connectivity index (χ0n) is 11.9. The molecule has 0 saturated heterocycles. The van der Waals surface area contributed by atoms with E-state index in [2.05, 4.69) is 10.3 Å². The Hall–Kier alpha value is -1.43. The molecule has 0 radical (unpaired) electrons. The molecule has 3 rings (SSSR count). The predicted octanol–water partition coefficient (Wildman–Crippen LogP) is 2.40. The van der Waals surface area contributed by atoms with Gasteiger partial charge in [-0.25, -0.2) is 4.98 Å². The average Bonchev–Trinajstić information content (AvgIpc) is 2.92. The van der Waals surface area contributed by atoms with Crippen LogP contribution in [0, 0.1) is 5.92 Å². The molecule has 1 saturated carbocycles. The minimum absolute atomic E-state index is 0.0897.